The molecule has 0 aliphatic heterocycles. The number of aliphatic hydroxyl groups is 1. The van der Waals surface area contributed by atoms with E-state index in [0.29, 0.717) is 5.56 Å². The molecule has 104 valence electrons. The first kappa shape index (κ1) is 14.2. The molecular weight excluding hydrogens is 248 g/mol. The van der Waals surface area contributed by atoms with E-state index in [-0.39, 0.29) is 24.6 Å². The molecule has 2 N–H and O–H groups in total. The van der Waals surface area contributed by atoms with E-state index in [2.05, 4.69) is 5.32 Å². The Morgan fingerprint density at radius 3 is 2.74 bits per heavy atom. The van der Waals surface area contributed by atoms with Gasteiger partial charge in [0.15, 0.2) is 0 Å². The van der Waals surface area contributed by atoms with E-state index in [9.17, 15) is 8.78 Å². The second kappa shape index (κ2) is 6.26. The fourth-order valence-electron chi connectivity index (χ4n) is 2.50. The first-order valence-electron chi connectivity index (χ1n) is 6.64. The summed E-state index contributed by atoms with van der Waals surface area (Å²) in [6.45, 7) is 2.10. The van der Waals surface area contributed by atoms with Crippen molar-refractivity contribution in [3.63, 3.8) is 0 Å². The quantitative estimate of drug-likeness (QED) is 0.804. The Kier molecular flexibility index (Phi) is 4.66. The van der Waals surface area contributed by atoms with Crippen molar-refractivity contribution in [3.8, 4) is 0 Å². The monoisotopic (exact) mass is 267 g/mol. The summed E-state index contributed by atoms with van der Waals surface area (Å²) in [7, 11) is 0. The van der Waals surface area contributed by atoms with Gasteiger partial charge in [-0.25, -0.2) is 8.78 Å². The standard InChI is InChI=1S/C15H19F2NO/c1-2-15(13-6-4-11(16)8-14(13)17)18-12-5-3-10(7-12)9-19/h3-6,8,10,12,15,18-19H,2,7,9H2,1H3/t10-,12+,15-/m0/s1. The Morgan fingerprint density at radius 2 is 2.16 bits per heavy atom. The summed E-state index contributed by atoms with van der Waals surface area (Å²) in [5.74, 6) is -0.898. The molecular formula is C15H19F2NO. The van der Waals surface area contributed by atoms with Crippen molar-refractivity contribution >= 4 is 0 Å². The number of nitrogens with one attached hydrogen (secondary N) is 1. The van der Waals surface area contributed by atoms with Crippen LogP contribution in [0.1, 0.15) is 31.4 Å². The third kappa shape index (κ3) is 3.39. The Morgan fingerprint density at radius 1 is 1.37 bits per heavy atom. The van der Waals surface area contributed by atoms with E-state index in [0.717, 1.165) is 18.9 Å². The lowest BCUT2D eigenvalue weighted by Crippen LogP contribution is -2.31. The molecule has 0 radical (unpaired) electrons. The normalized spacial score (nSPS) is 23.8. The van der Waals surface area contributed by atoms with Crippen LogP contribution in [0.3, 0.4) is 0 Å². The smallest absolute Gasteiger partial charge is 0.130 e. The summed E-state index contributed by atoms with van der Waals surface area (Å²) in [5, 5.41) is 12.4. The summed E-state index contributed by atoms with van der Waals surface area (Å²) in [6, 6.07) is 3.68. The molecule has 0 fully saturated rings. The zero-order chi connectivity index (χ0) is 13.8. The molecule has 1 aliphatic carbocycles. The van der Waals surface area contributed by atoms with Crippen molar-refractivity contribution in [1.29, 1.82) is 0 Å². The molecule has 3 atom stereocenters. The molecule has 19 heavy (non-hydrogen) atoms. The van der Waals surface area contributed by atoms with E-state index >= 15 is 0 Å². The molecule has 2 rings (SSSR count). The van der Waals surface area contributed by atoms with Gasteiger partial charge in [0.05, 0.1) is 0 Å². The molecule has 0 unspecified atom stereocenters. The SMILES string of the molecule is CC[C@H](N[C@@H]1C=C[C@H](CO)C1)c1ccc(F)cc1F. The predicted octanol–water partition coefficient (Wildman–Crippen LogP) is 2.94. The topological polar surface area (TPSA) is 32.3 Å². The van der Waals surface area contributed by atoms with Crippen LogP contribution in [-0.2, 0) is 0 Å². The molecule has 1 aromatic rings. The summed E-state index contributed by atoms with van der Waals surface area (Å²) < 4.78 is 26.7. The molecule has 1 aliphatic rings. The molecule has 0 spiro atoms. The third-order valence-corrected chi connectivity index (χ3v) is 3.57. The van der Waals surface area contributed by atoms with Gasteiger partial charge >= 0.3 is 0 Å². The summed E-state index contributed by atoms with van der Waals surface area (Å²) in [6.07, 6.45) is 5.52. The van der Waals surface area contributed by atoms with Gasteiger partial charge in [0, 0.05) is 36.2 Å². The van der Waals surface area contributed by atoms with Crippen LogP contribution in [-0.4, -0.2) is 17.8 Å². The van der Waals surface area contributed by atoms with E-state index in [1.54, 1.807) is 0 Å². The molecule has 2 nitrogen and oxygen atoms in total. The average molecular weight is 267 g/mol. The number of hydrogen-bond donors (Lipinski definition) is 2. The Labute approximate surface area is 112 Å². The number of hydrogen-bond acceptors (Lipinski definition) is 2. The second-order valence-electron chi connectivity index (χ2n) is 4.96. The fraction of sp³-hybridized carbons (Fsp3) is 0.467. The van der Waals surface area contributed by atoms with Crippen LogP contribution in [0.4, 0.5) is 8.78 Å². The van der Waals surface area contributed by atoms with Crippen LogP contribution in [0, 0.1) is 17.6 Å². The van der Waals surface area contributed by atoms with Crippen molar-refractivity contribution in [3.05, 3.63) is 47.5 Å². The van der Waals surface area contributed by atoms with Crippen LogP contribution in [0.5, 0.6) is 0 Å². The van der Waals surface area contributed by atoms with Crippen molar-refractivity contribution in [2.75, 3.05) is 6.61 Å². The highest BCUT2D eigenvalue weighted by Crippen LogP contribution is 2.25. The Bertz CT molecular complexity index is 461. The van der Waals surface area contributed by atoms with Gasteiger partial charge in [-0.2, -0.15) is 0 Å². The first-order valence-corrected chi connectivity index (χ1v) is 6.64. The zero-order valence-electron chi connectivity index (χ0n) is 10.9. The molecule has 4 heteroatoms. The highest BCUT2D eigenvalue weighted by molar-refractivity contribution is 5.23. The number of aliphatic hydroxyl groups excluding tert-OH is 1. The second-order valence-corrected chi connectivity index (χ2v) is 4.96. The lowest BCUT2D eigenvalue weighted by molar-refractivity contribution is 0.244. The van der Waals surface area contributed by atoms with Crippen LogP contribution >= 0.6 is 0 Å². The van der Waals surface area contributed by atoms with Crippen molar-refractivity contribution < 1.29 is 13.9 Å². The summed E-state index contributed by atoms with van der Waals surface area (Å²) >= 11 is 0. The third-order valence-electron chi connectivity index (χ3n) is 3.57. The maximum Gasteiger partial charge on any atom is 0.130 e. The molecule has 0 aromatic heterocycles. The van der Waals surface area contributed by atoms with Gasteiger partial charge in [-0.3, -0.25) is 0 Å². The minimum Gasteiger partial charge on any atom is -0.396 e. The van der Waals surface area contributed by atoms with Crippen LogP contribution in [0.25, 0.3) is 0 Å². The van der Waals surface area contributed by atoms with Gasteiger partial charge in [0.2, 0.25) is 0 Å². The maximum atomic E-state index is 13.8. The zero-order valence-corrected chi connectivity index (χ0v) is 10.9. The highest BCUT2D eigenvalue weighted by atomic mass is 19.1. The van der Waals surface area contributed by atoms with Crippen LogP contribution < -0.4 is 5.32 Å². The molecule has 0 saturated carbocycles. The van der Waals surface area contributed by atoms with Crippen LogP contribution in [0.2, 0.25) is 0 Å². The molecule has 0 amide bonds. The van der Waals surface area contributed by atoms with Gasteiger partial charge in [-0.1, -0.05) is 25.1 Å². The molecule has 0 heterocycles. The van der Waals surface area contributed by atoms with E-state index < -0.39 is 11.6 Å². The summed E-state index contributed by atoms with van der Waals surface area (Å²) in [4.78, 5) is 0. The molecule has 0 bridgehead atoms. The largest absolute Gasteiger partial charge is 0.396 e. The van der Waals surface area contributed by atoms with Crippen molar-refractivity contribution in [1.82, 2.24) is 5.32 Å². The van der Waals surface area contributed by atoms with E-state index in [4.69, 9.17) is 5.11 Å². The van der Waals surface area contributed by atoms with E-state index in [1.807, 2.05) is 19.1 Å². The minimum absolute atomic E-state index is 0.131. The number of rotatable bonds is 5. The lowest BCUT2D eigenvalue weighted by Gasteiger charge is -2.22. The summed E-state index contributed by atoms with van der Waals surface area (Å²) in [5.41, 5.74) is 0.491. The lowest BCUT2D eigenvalue weighted by atomic mass is 10.0. The molecule has 0 saturated heterocycles. The van der Waals surface area contributed by atoms with Crippen LogP contribution in [0.15, 0.2) is 30.4 Å². The van der Waals surface area contributed by atoms with Gasteiger partial charge in [-0.05, 0) is 18.9 Å². The van der Waals surface area contributed by atoms with Crippen molar-refractivity contribution in [2.24, 2.45) is 5.92 Å². The van der Waals surface area contributed by atoms with Crippen molar-refractivity contribution in [2.45, 2.75) is 31.8 Å². The number of benzene rings is 1. The Balaban J connectivity index is 2.06. The van der Waals surface area contributed by atoms with Gasteiger partial charge < -0.3 is 10.4 Å². The highest BCUT2D eigenvalue weighted by Gasteiger charge is 2.22. The number of halogens is 2. The van der Waals surface area contributed by atoms with Gasteiger partial charge in [0.1, 0.15) is 11.6 Å². The predicted molar refractivity (Wildman–Crippen MR) is 70.6 cm³/mol. The minimum atomic E-state index is -0.558. The Hall–Kier alpha value is -1.26. The molecule has 1 aromatic carbocycles. The fourth-order valence-corrected chi connectivity index (χ4v) is 2.50. The average Bonchev–Trinajstić information content (AvgIpc) is 2.84. The van der Waals surface area contributed by atoms with Gasteiger partial charge in [-0.15, -0.1) is 0 Å². The maximum absolute atomic E-state index is 13.8. The van der Waals surface area contributed by atoms with Gasteiger partial charge in [0.25, 0.3) is 0 Å². The first-order chi connectivity index (χ1) is 9.13. The van der Waals surface area contributed by atoms with E-state index in [1.165, 1.54) is 12.1 Å².